The van der Waals surface area contributed by atoms with Crippen molar-refractivity contribution in [2.75, 3.05) is 6.54 Å². The summed E-state index contributed by atoms with van der Waals surface area (Å²) >= 11 is 0. The molecular formula is C14H14N2O4S. The summed E-state index contributed by atoms with van der Waals surface area (Å²) in [5, 5.41) is 8.88. The first-order valence-corrected chi connectivity index (χ1v) is 7.69. The zero-order valence-electron chi connectivity index (χ0n) is 11.1. The molecule has 0 radical (unpaired) electrons. The number of hydrogen-bond acceptors (Lipinski definition) is 4. The quantitative estimate of drug-likeness (QED) is 0.838. The summed E-state index contributed by atoms with van der Waals surface area (Å²) in [5.74, 6) is -1.16. The Morgan fingerprint density at radius 2 is 1.90 bits per heavy atom. The monoisotopic (exact) mass is 306 g/mol. The minimum atomic E-state index is -3.72. The van der Waals surface area contributed by atoms with E-state index in [0.717, 1.165) is 11.6 Å². The van der Waals surface area contributed by atoms with E-state index in [4.69, 9.17) is 5.11 Å². The smallest absolute Gasteiger partial charge is 0.335 e. The van der Waals surface area contributed by atoms with Crippen LogP contribution in [-0.4, -0.2) is 31.0 Å². The molecule has 1 aromatic carbocycles. The Bertz CT molecular complexity index is 730. The highest BCUT2D eigenvalue weighted by atomic mass is 32.2. The van der Waals surface area contributed by atoms with Crippen LogP contribution >= 0.6 is 0 Å². The van der Waals surface area contributed by atoms with Crippen LogP contribution in [0.5, 0.6) is 0 Å². The van der Waals surface area contributed by atoms with Crippen molar-refractivity contribution < 1.29 is 18.3 Å². The van der Waals surface area contributed by atoms with Gasteiger partial charge in [0.15, 0.2) is 0 Å². The molecule has 0 aliphatic carbocycles. The number of carbonyl (C=O) groups is 1. The van der Waals surface area contributed by atoms with Crippen molar-refractivity contribution in [2.24, 2.45) is 0 Å². The predicted octanol–water partition coefficient (Wildman–Crippen LogP) is 1.30. The van der Waals surface area contributed by atoms with Crippen molar-refractivity contribution >= 4 is 16.0 Å². The van der Waals surface area contributed by atoms with E-state index in [1.165, 1.54) is 18.2 Å². The fourth-order valence-electron chi connectivity index (χ4n) is 1.76. The number of benzene rings is 1. The van der Waals surface area contributed by atoms with Crippen LogP contribution in [0, 0.1) is 0 Å². The lowest BCUT2D eigenvalue weighted by molar-refractivity contribution is 0.0696. The van der Waals surface area contributed by atoms with Gasteiger partial charge in [0.25, 0.3) is 0 Å². The largest absolute Gasteiger partial charge is 0.478 e. The molecule has 0 spiro atoms. The van der Waals surface area contributed by atoms with Crippen molar-refractivity contribution in [3.8, 4) is 0 Å². The number of pyridine rings is 1. The molecule has 2 N–H and O–H groups in total. The van der Waals surface area contributed by atoms with Crippen LogP contribution < -0.4 is 4.72 Å². The second kappa shape index (κ2) is 6.47. The molecule has 2 rings (SSSR count). The Kier molecular flexibility index (Phi) is 4.66. The summed E-state index contributed by atoms with van der Waals surface area (Å²) in [4.78, 5) is 14.7. The molecule has 7 heteroatoms. The van der Waals surface area contributed by atoms with Crippen LogP contribution in [0.25, 0.3) is 0 Å². The third-order valence-corrected chi connectivity index (χ3v) is 4.31. The molecule has 0 saturated carbocycles. The zero-order valence-corrected chi connectivity index (χ0v) is 11.9. The molecule has 0 amide bonds. The van der Waals surface area contributed by atoms with Crippen LogP contribution in [0.2, 0.25) is 0 Å². The topological polar surface area (TPSA) is 96.4 Å². The molecule has 1 aromatic heterocycles. The summed E-state index contributed by atoms with van der Waals surface area (Å²) in [5.41, 5.74) is 0.902. The van der Waals surface area contributed by atoms with Gasteiger partial charge >= 0.3 is 5.97 Å². The van der Waals surface area contributed by atoms with E-state index < -0.39 is 16.0 Å². The molecule has 2 aromatic rings. The minimum absolute atomic E-state index is 0.0582. The maximum Gasteiger partial charge on any atom is 0.335 e. The number of carboxylic acid groups (broad SMARTS) is 1. The molecule has 0 saturated heterocycles. The first-order valence-electron chi connectivity index (χ1n) is 6.21. The first-order chi connectivity index (χ1) is 9.99. The molecule has 0 aliphatic heterocycles. The zero-order chi connectivity index (χ0) is 15.3. The second-order valence-electron chi connectivity index (χ2n) is 4.34. The number of sulfonamides is 1. The fourth-order valence-corrected chi connectivity index (χ4v) is 2.84. The van der Waals surface area contributed by atoms with E-state index in [0.29, 0.717) is 6.42 Å². The van der Waals surface area contributed by atoms with Gasteiger partial charge in [-0.25, -0.2) is 17.9 Å². The summed E-state index contributed by atoms with van der Waals surface area (Å²) < 4.78 is 26.6. The summed E-state index contributed by atoms with van der Waals surface area (Å²) in [6.45, 7) is 0.226. The molecule has 1 heterocycles. The second-order valence-corrected chi connectivity index (χ2v) is 6.10. The number of aromatic carboxylic acids is 1. The maximum absolute atomic E-state index is 12.1. The number of aromatic nitrogens is 1. The Balaban J connectivity index is 2.05. The fraction of sp³-hybridized carbons (Fsp3) is 0.143. The molecule has 110 valence electrons. The van der Waals surface area contributed by atoms with Gasteiger partial charge in [-0.05, 0) is 42.3 Å². The van der Waals surface area contributed by atoms with Gasteiger partial charge in [-0.3, -0.25) is 4.98 Å². The van der Waals surface area contributed by atoms with Crippen LogP contribution in [0.3, 0.4) is 0 Å². The van der Waals surface area contributed by atoms with Crippen LogP contribution in [-0.2, 0) is 16.4 Å². The maximum atomic E-state index is 12.1. The van der Waals surface area contributed by atoms with Gasteiger partial charge in [-0.1, -0.05) is 6.07 Å². The third-order valence-electron chi connectivity index (χ3n) is 2.85. The van der Waals surface area contributed by atoms with Gasteiger partial charge in [0.05, 0.1) is 10.5 Å². The molecule has 0 unspecified atom stereocenters. The van der Waals surface area contributed by atoms with Crippen molar-refractivity contribution in [1.29, 1.82) is 0 Å². The Labute approximate surface area is 122 Å². The van der Waals surface area contributed by atoms with Crippen LogP contribution in [0.15, 0.2) is 53.7 Å². The lowest BCUT2D eigenvalue weighted by atomic mass is 10.2. The molecule has 0 aliphatic rings. The Morgan fingerprint density at radius 1 is 1.19 bits per heavy atom. The van der Waals surface area contributed by atoms with Crippen molar-refractivity contribution in [3.63, 3.8) is 0 Å². The van der Waals surface area contributed by atoms with Gasteiger partial charge in [-0.15, -0.1) is 0 Å². The normalized spacial score (nSPS) is 11.2. The summed E-state index contributed by atoms with van der Waals surface area (Å²) in [6, 6.07) is 8.86. The standard InChI is InChI=1S/C14H14N2O4S/c17-14(18)12-2-1-3-13(10-12)21(19,20)16-9-6-11-4-7-15-8-5-11/h1-5,7-8,10,16H,6,9H2,(H,17,18). The van der Waals surface area contributed by atoms with Crippen molar-refractivity contribution in [2.45, 2.75) is 11.3 Å². The lowest BCUT2D eigenvalue weighted by Crippen LogP contribution is -2.26. The highest BCUT2D eigenvalue weighted by Crippen LogP contribution is 2.11. The number of carboxylic acids is 1. The van der Waals surface area contributed by atoms with Crippen LogP contribution in [0.4, 0.5) is 0 Å². The first kappa shape index (κ1) is 15.1. The van der Waals surface area contributed by atoms with Crippen molar-refractivity contribution in [1.82, 2.24) is 9.71 Å². The molecule has 21 heavy (non-hydrogen) atoms. The SMILES string of the molecule is O=C(O)c1cccc(S(=O)(=O)NCCc2ccncc2)c1. The summed E-state index contributed by atoms with van der Waals surface area (Å²) in [6.07, 6.45) is 3.81. The van der Waals surface area contributed by atoms with Gasteiger partial charge < -0.3 is 5.11 Å². The molecule has 0 fully saturated rings. The predicted molar refractivity (Wildman–Crippen MR) is 76.5 cm³/mol. The Morgan fingerprint density at radius 3 is 2.57 bits per heavy atom. The van der Waals surface area contributed by atoms with Gasteiger partial charge in [0.2, 0.25) is 10.0 Å². The molecule has 0 atom stereocenters. The third kappa shape index (κ3) is 4.11. The average Bonchev–Trinajstić information content (AvgIpc) is 2.48. The molecule has 0 bridgehead atoms. The van der Waals surface area contributed by atoms with Gasteiger partial charge in [0, 0.05) is 18.9 Å². The van der Waals surface area contributed by atoms with E-state index in [1.807, 2.05) is 0 Å². The van der Waals surface area contributed by atoms with E-state index in [1.54, 1.807) is 24.5 Å². The number of hydrogen-bond donors (Lipinski definition) is 2. The molecule has 6 nitrogen and oxygen atoms in total. The lowest BCUT2D eigenvalue weighted by Gasteiger charge is -2.07. The van der Waals surface area contributed by atoms with E-state index in [9.17, 15) is 13.2 Å². The average molecular weight is 306 g/mol. The number of nitrogens with zero attached hydrogens (tertiary/aromatic N) is 1. The number of nitrogens with one attached hydrogen (secondary N) is 1. The van der Waals surface area contributed by atoms with E-state index >= 15 is 0 Å². The van der Waals surface area contributed by atoms with Gasteiger partial charge in [-0.2, -0.15) is 0 Å². The van der Waals surface area contributed by atoms with E-state index in [2.05, 4.69) is 9.71 Å². The highest BCUT2D eigenvalue weighted by Gasteiger charge is 2.15. The number of rotatable bonds is 6. The molecular weight excluding hydrogens is 292 g/mol. The van der Waals surface area contributed by atoms with Crippen molar-refractivity contribution in [3.05, 3.63) is 59.9 Å². The van der Waals surface area contributed by atoms with E-state index in [-0.39, 0.29) is 17.0 Å². The van der Waals surface area contributed by atoms with Gasteiger partial charge in [0.1, 0.15) is 0 Å². The minimum Gasteiger partial charge on any atom is -0.478 e. The highest BCUT2D eigenvalue weighted by molar-refractivity contribution is 7.89. The summed E-state index contributed by atoms with van der Waals surface area (Å²) in [7, 11) is -3.72. The van der Waals surface area contributed by atoms with Crippen LogP contribution in [0.1, 0.15) is 15.9 Å². The Hall–Kier alpha value is -2.25.